The number of benzene rings is 6. The Hall–Kier alpha value is -6.42. The fourth-order valence-electron chi connectivity index (χ4n) is 9.33. The van der Waals surface area contributed by atoms with Gasteiger partial charge in [0.15, 0.2) is 12.6 Å². The monoisotopic (exact) mass is 1090 g/mol. The van der Waals surface area contributed by atoms with Crippen molar-refractivity contribution in [3.8, 4) is 23.0 Å². The van der Waals surface area contributed by atoms with Crippen LogP contribution in [-0.2, 0) is 19.0 Å². The number of rotatable bonds is 11. The van der Waals surface area contributed by atoms with E-state index in [1.165, 1.54) is 30.3 Å². The molecule has 4 unspecified atom stereocenters. The zero-order valence-corrected chi connectivity index (χ0v) is 42.2. The van der Waals surface area contributed by atoms with Crippen molar-refractivity contribution < 1.29 is 55.5 Å². The molecule has 0 N–H and O–H groups in total. The molecule has 10 rings (SSSR count). The molecule has 0 bridgehead atoms. The number of hydrogen-bond acceptors (Lipinski definition) is 8. The first-order chi connectivity index (χ1) is 34.9. The molecule has 0 radical (unpaired) electrons. The van der Waals surface area contributed by atoms with E-state index in [2.05, 4.69) is 22.6 Å². The molecule has 8 nitrogen and oxygen atoms in total. The zero-order valence-electron chi connectivity index (χ0n) is 40.0. The van der Waals surface area contributed by atoms with Crippen LogP contribution >= 0.6 is 22.6 Å². The number of ether oxygens (including phenoxy) is 7. The predicted molar refractivity (Wildman–Crippen MR) is 277 cm³/mol. The van der Waals surface area contributed by atoms with E-state index in [1.807, 2.05) is 98.8 Å². The molecule has 6 aromatic rings. The molecular weight excluding hydrogens is 1040 g/mol. The van der Waals surface area contributed by atoms with Crippen molar-refractivity contribution in [3.63, 3.8) is 0 Å². The molecular formula is C59H53F4IO8. The van der Waals surface area contributed by atoms with Crippen LogP contribution < -0.4 is 18.9 Å². The smallest absolute Gasteiger partial charge is 0.330 e. The number of esters is 1. The van der Waals surface area contributed by atoms with Crippen molar-refractivity contribution in [2.75, 3.05) is 19.8 Å². The lowest BCUT2D eigenvalue weighted by atomic mass is 9.86. The topological polar surface area (TPSA) is 81.7 Å². The lowest BCUT2D eigenvalue weighted by molar-refractivity contribution is -0.137. The maximum absolute atomic E-state index is 14.3. The SMILES string of the molecule is CC1=C(c2cc(F)cc(F)c2)C(c2ccc(I)cc2)Oc2cc(OC3CCCCO3)ccc21.CCOC(=O)/C=C/c1ccc(C2Oc3cc(OC4CCCCO4)ccc3C(C)=C2c2cc(F)cc(F)c2)cc1. The largest absolute Gasteiger partial charge is 0.480 e. The van der Waals surface area contributed by atoms with Crippen molar-refractivity contribution in [1.82, 2.24) is 0 Å². The zero-order chi connectivity index (χ0) is 50.3. The van der Waals surface area contributed by atoms with Crippen molar-refractivity contribution >= 4 is 56.9 Å². The first-order valence-electron chi connectivity index (χ1n) is 24.1. The normalized spacial score (nSPS) is 19.6. The van der Waals surface area contributed by atoms with E-state index in [4.69, 9.17) is 33.2 Å². The Morgan fingerprint density at radius 3 is 1.46 bits per heavy atom. The Balaban J connectivity index is 0.000000180. The van der Waals surface area contributed by atoms with Crippen LogP contribution in [0, 0.1) is 26.8 Å². The number of fused-ring (bicyclic) bond motifs is 2. The van der Waals surface area contributed by atoms with Crippen LogP contribution in [0.25, 0.3) is 28.4 Å². The summed E-state index contributed by atoms with van der Waals surface area (Å²) < 4.78 is 99.4. The van der Waals surface area contributed by atoms with Gasteiger partial charge in [-0.3, -0.25) is 0 Å². The molecule has 4 aliphatic heterocycles. The minimum atomic E-state index is -0.662. The summed E-state index contributed by atoms with van der Waals surface area (Å²) in [5.41, 5.74) is 8.21. The first-order valence-corrected chi connectivity index (χ1v) is 25.2. The minimum absolute atomic E-state index is 0.255. The maximum Gasteiger partial charge on any atom is 0.330 e. The second kappa shape index (κ2) is 23.0. The van der Waals surface area contributed by atoms with Crippen LogP contribution in [0.2, 0.25) is 0 Å². The van der Waals surface area contributed by atoms with Gasteiger partial charge in [0.2, 0.25) is 0 Å². The van der Waals surface area contributed by atoms with E-state index in [1.54, 1.807) is 13.0 Å². The van der Waals surface area contributed by atoms with Crippen molar-refractivity contribution in [2.24, 2.45) is 0 Å². The Bertz CT molecular complexity index is 2970. The van der Waals surface area contributed by atoms with Crippen LogP contribution in [-0.4, -0.2) is 38.4 Å². The molecule has 2 fully saturated rings. The van der Waals surface area contributed by atoms with E-state index in [9.17, 15) is 22.4 Å². The van der Waals surface area contributed by atoms with Crippen molar-refractivity contribution in [2.45, 2.75) is 84.1 Å². The molecule has 72 heavy (non-hydrogen) atoms. The predicted octanol–water partition coefficient (Wildman–Crippen LogP) is 15.1. The molecule has 4 heterocycles. The average Bonchev–Trinajstić information content (AvgIpc) is 3.36. The fourth-order valence-corrected chi connectivity index (χ4v) is 9.69. The van der Waals surface area contributed by atoms with E-state index in [0.717, 1.165) is 98.8 Å². The molecule has 2 saturated heterocycles. The summed E-state index contributed by atoms with van der Waals surface area (Å²) in [6, 6.07) is 33.8. The second-order valence-electron chi connectivity index (χ2n) is 17.8. The summed E-state index contributed by atoms with van der Waals surface area (Å²) >= 11 is 2.25. The van der Waals surface area contributed by atoms with Gasteiger partial charge in [-0.1, -0.05) is 36.4 Å². The maximum atomic E-state index is 14.3. The highest BCUT2D eigenvalue weighted by Crippen LogP contribution is 2.49. The van der Waals surface area contributed by atoms with Gasteiger partial charge in [0.1, 0.15) is 58.5 Å². The van der Waals surface area contributed by atoms with Crippen LogP contribution in [0.15, 0.2) is 127 Å². The summed E-state index contributed by atoms with van der Waals surface area (Å²) in [5.74, 6) is -0.387. The van der Waals surface area contributed by atoms with Crippen LogP contribution in [0.5, 0.6) is 23.0 Å². The highest BCUT2D eigenvalue weighted by atomic mass is 127. The third kappa shape index (κ3) is 12.1. The second-order valence-corrected chi connectivity index (χ2v) is 19.1. The van der Waals surface area contributed by atoms with Gasteiger partial charge in [0.05, 0.1) is 19.8 Å². The molecule has 4 aliphatic rings. The third-order valence-electron chi connectivity index (χ3n) is 12.8. The van der Waals surface area contributed by atoms with Gasteiger partial charge in [0.25, 0.3) is 0 Å². The summed E-state index contributed by atoms with van der Waals surface area (Å²) in [5, 5.41) is 0. The number of carbonyl (C=O) groups is 1. The number of allylic oxidation sites excluding steroid dienone is 2. The molecule has 4 atom stereocenters. The summed E-state index contributed by atoms with van der Waals surface area (Å²) in [7, 11) is 0. The van der Waals surface area contributed by atoms with Gasteiger partial charge in [0, 0.05) is 69.0 Å². The molecule has 0 spiro atoms. The van der Waals surface area contributed by atoms with Gasteiger partial charge >= 0.3 is 5.97 Å². The van der Waals surface area contributed by atoms with Crippen LogP contribution in [0.4, 0.5) is 17.6 Å². The fraction of sp³-hybridized carbons (Fsp3) is 0.271. The summed E-state index contributed by atoms with van der Waals surface area (Å²) in [6.45, 7) is 7.32. The third-order valence-corrected chi connectivity index (χ3v) is 13.5. The highest BCUT2D eigenvalue weighted by molar-refractivity contribution is 14.1. The standard InChI is InChI=1S/C32H30F2O5.C27H23F2IO3/c1-3-36-29(35)14-9-21-7-10-22(11-8-21)32-31(23-16-24(33)18-25(34)17-23)20(2)27-13-12-26(19-28(27)39-32)38-30-6-4-5-15-37-30;1-16-23-10-9-22(32-25-4-2-3-11-31-25)15-24(23)33-27(17-5-7-21(30)8-6-17)26(16)18-12-19(28)14-20(29)13-18/h7-14,16-19,30,32H,3-6,15H2,1-2H3;5-10,12-15,25,27H,2-4,11H2,1H3/b14-9+;. The Morgan fingerprint density at radius 2 is 1.04 bits per heavy atom. The van der Waals surface area contributed by atoms with E-state index in [0.29, 0.717) is 59.5 Å². The van der Waals surface area contributed by atoms with Gasteiger partial charge < -0.3 is 33.2 Å². The molecule has 0 aromatic heterocycles. The Labute approximate surface area is 430 Å². The van der Waals surface area contributed by atoms with E-state index < -0.39 is 41.4 Å². The Kier molecular flexibility index (Phi) is 16.1. The van der Waals surface area contributed by atoms with Gasteiger partial charge in [-0.05, 0) is 175 Å². The Morgan fingerprint density at radius 1 is 0.597 bits per heavy atom. The molecule has 6 aromatic carbocycles. The van der Waals surface area contributed by atoms with Crippen LogP contribution in [0.3, 0.4) is 0 Å². The lowest BCUT2D eigenvalue weighted by Gasteiger charge is -2.32. The molecule has 372 valence electrons. The highest BCUT2D eigenvalue weighted by Gasteiger charge is 2.32. The number of halogens is 5. The lowest BCUT2D eigenvalue weighted by Crippen LogP contribution is -2.25. The van der Waals surface area contributed by atoms with Gasteiger partial charge in [-0.2, -0.15) is 0 Å². The quantitative estimate of drug-likeness (QED) is 0.0549. The van der Waals surface area contributed by atoms with Gasteiger partial charge in [-0.15, -0.1) is 0 Å². The molecule has 0 aliphatic carbocycles. The van der Waals surface area contributed by atoms with Gasteiger partial charge in [-0.25, -0.2) is 22.4 Å². The van der Waals surface area contributed by atoms with E-state index >= 15 is 0 Å². The van der Waals surface area contributed by atoms with E-state index in [-0.39, 0.29) is 12.6 Å². The molecule has 0 amide bonds. The minimum Gasteiger partial charge on any atom is -0.480 e. The van der Waals surface area contributed by atoms with Crippen LogP contribution in [0.1, 0.15) is 110 Å². The van der Waals surface area contributed by atoms with Crippen molar-refractivity contribution in [3.05, 3.63) is 193 Å². The first kappa shape index (κ1) is 50.5. The van der Waals surface area contributed by atoms with Crippen molar-refractivity contribution in [1.29, 1.82) is 0 Å². The summed E-state index contributed by atoms with van der Waals surface area (Å²) in [6.07, 6.45) is 7.23. The number of carbonyl (C=O) groups excluding carboxylic acids is 1. The number of hydrogen-bond donors (Lipinski definition) is 0. The average molecular weight is 1090 g/mol. The summed E-state index contributed by atoms with van der Waals surface area (Å²) in [4.78, 5) is 11.7. The molecule has 13 heteroatoms. The molecule has 0 saturated carbocycles.